The molecule has 0 radical (unpaired) electrons. The van der Waals surface area contributed by atoms with Crippen LogP contribution in [0, 0.1) is 0 Å². The fraction of sp³-hybridized carbons (Fsp3) is 0.300. The molecular formula is C20H25ClN3O2S+. The number of quaternary nitrogens is 1. The van der Waals surface area contributed by atoms with E-state index in [0.717, 1.165) is 21.0 Å². The Hall–Kier alpha value is -2.02. The summed E-state index contributed by atoms with van der Waals surface area (Å²) in [6, 6.07) is 14.9. The van der Waals surface area contributed by atoms with Gasteiger partial charge in [-0.1, -0.05) is 41.9 Å². The van der Waals surface area contributed by atoms with E-state index in [1.165, 1.54) is 0 Å². The molecule has 2 rings (SSSR count). The number of thioether (sulfide) groups is 1. The van der Waals surface area contributed by atoms with Crippen molar-refractivity contribution in [2.45, 2.75) is 17.9 Å². The van der Waals surface area contributed by atoms with Crippen LogP contribution in [0.1, 0.15) is 18.5 Å². The van der Waals surface area contributed by atoms with E-state index >= 15 is 0 Å². The van der Waals surface area contributed by atoms with Crippen molar-refractivity contribution in [2.24, 2.45) is 0 Å². The standard InChI is InChI=1S/C20H24ClN3O2S/c1-14(15-8-4-5-9-16(15)21)22-19(25)12-24(2)13-20(26)23-17-10-6-7-11-18(17)27-3/h4-11,14H,12-13H2,1-3H3,(H,22,25)(H,23,26)/p+1/t14-/m1/s1. The van der Waals surface area contributed by atoms with E-state index < -0.39 is 0 Å². The molecule has 0 spiro atoms. The molecule has 27 heavy (non-hydrogen) atoms. The number of rotatable bonds is 8. The van der Waals surface area contributed by atoms with Crippen molar-refractivity contribution in [2.75, 3.05) is 31.7 Å². The summed E-state index contributed by atoms with van der Waals surface area (Å²) in [5.74, 6) is -0.252. The van der Waals surface area contributed by atoms with Crippen molar-refractivity contribution in [1.29, 1.82) is 0 Å². The monoisotopic (exact) mass is 406 g/mol. The lowest BCUT2D eigenvalue weighted by atomic mass is 10.1. The van der Waals surface area contributed by atoms with Crippen molar-refractivity contribution >= 4 is 40.9 Å². The van der Waals surface area contributed by atoms with Gasteiger partial charge in [-0.05, 0) is 36.9 Å². The molecule has 2 atom stereocenters. The van der Waals surface area contributed by atoms with Crippen molar-refractivity contribution < 1.29 is 14.5 Å². The third kappa shape index (κ3) is 6.57. The van der Waals surface area contributed by atoms with Crippen LogP contribution in [0.3, 0.4) is 0 Å². The Balaban J connectivity index is 1.84. The van der Waals surface area contributed by atoms with Crippen LogP contribution >= 0.6 is 23.4 Å². The van der Waals surface area contributed by atoms with E-state index in [1.807, 2.05) is 62.7 Å². The first-order chi connectivity index (χ1) is 12.9. The van der Waals surface area contributed by atoms with Gasteiger partial charge in [0.1, 0.15) is 0 Å². The van der Waals surface area contributed by atoms with Gasteiger partial charge in [0.25, 0.3) is 11.8 Å². The third-order valence-corrected chi connectivity index (χ3v) is 5.19. The highest BCUT2D eigenvalue weighted by Crippen LogP contribution is 2.24. The minimum Gasteiger partial charge on any atom is -0.345 e. The van der Waals surface area contributed by atoms with Crippen LogP contribution in [0.2, 0.25) is 5.02 Å². The lowest BCUT2D eigenvalue weighted by molar-refractivity contribution is -0.862. The smallest absolute Gasteiger partial charge is 0.279 e. The summed E-state index contributed by atoms with van der Waals surface area (Å²) in [5.41, 5.74) is 1.66. The van der Waals surface area contributed by atoms with Gasteiger partial charge in [-0.3, -0.25) is 9.59 Å². The fourth-order valence-electron chi connectivity index (χ4n) is 2.75. The highest BCUT2D eigenvalue weighted by atomic mass is 35.5. The molecule has 0 fully saturated rings. The summed E-state index contributed by atoms with van der Waals surface area (Å²) in [5, 5.41) is 6.46. The number of benzene rings is 2. The maximum atomic E-state index is 12.3. The second kappa shape index (κ2) is 10.3. The molecule has 3 N–H and O–H groups in total. The molecule has 7 heteroatoms. The fourth-order valence-corrected chi connectivity index (χ4v) is 3.60. The van der Waals surface area contributed by atoms with Crippen molar-refractivity contribution in [3.05, 3.63) is 59.1 Å². The summed E-state index contributed by atoms with van der Waals surface area (Å²) in [6.45, 7) is 2.30. The number of para-hydroxylation sites is 1. The molecule has 2 aromatic rings. The van der Waals surface area contributed by atoms with Crippen LogP contribution in [0.25, 0.3) is 0 Å². The predicted molar refractivity (Wildman–Crippen MR) is 111 cm³/mol. The highest BCUT2D eigenvalue weighted by Gasteiger charge is 2.18. The summed E-state index contributed by atoms with van der Waals surface area (Å²) in [7, 11) is 1.82. The molecule has 0 bridgehead atoms. The van der Waals surface area contributed by atoms with Crippen molar-refractivity contribution in [3.63, 3.8) is 0 Å². The lowest BCUT2D eigenvalue weighted by Gasteiger charge is -2.18. The molecule has 2 amide bonds. The van der Waals surface area contributed by atoms with Crippen LogP contribution in [0.4, 0.5) is 5.69 Å². The maximum Gasteiger partial charge on any atom is 0.279 e. The Morgan fingerprint density at radius 1 is 1.07 bits per heavy atom. The average Bonchev–Trinajstić information content (AvgIpc) is 2.61. The molecule has 0 aliphatic carbocycles. The molecule has 0 aromatic heterocycles. The minimum absolute atomic E-state index is 0.124. The number of anilines is 1. The molecule has 5 nitrogen and oxygen atoms in total. The maximum absolute atomic E-state index is 12.3. The second-order valence-corrected chi connectivity index (χ2v) is 7.63. The Kier molecular flexibility index (Phi) is 8.16. The van der Waals surface area contributed by atoms with Crippen LogP contribution in [0.15, 0.2) is 53.4 Å². The summed E-state index contributed by atoms with van der Waals surface area (Å²) >= 11 is 7.74. The van der Waals surface area contributed by atoms with Gasteiger partial charge >= 0.3 is 0 Å². The number of carbonyl (C=O) groups is 2. The van der Waals surface area contributed by atoms with Crippen molar-refractivity contribution in [3.8, 4) is 0 Å². The van der Waals surface area contributed by atoms with E-state index in [9.17, 15) is 9.59 Å². The zero-order chi connectivity index (χ0) is 19.8. The zero-order valence-electron chi connectivity index (χ0n) is 15.7. The van der Waals surface area contributed by atoms with E-state index in [-0.39, 0.29) is 30.9 Å². The largest absolute Gasteiger partial charge is 0.345 e. The van der Waals surface area contributed by atoms with Gasteiger partial charge in [0.2, 0.25) is 0 Å². The van der Waals surface area contributed by atoms with Crippen molar-refractivity contribution in [1.82, 2.24) is 5.32 Å². The minimum atomic E-state index is -0.193. The number of nitrogens with one attached hydrogen (secondary N) is 3. The van der Waals surface area contributed by atoms with Crippen LogP contribution in [-0.4, -0.2) is 38.2 Å². The molecule has 2 aromatic carbocycles. The normalized spacial score (nSPS) is 12.9. The molecule has 0 aliphatic heterocycles. The summed E-state index contributed by atoms with van der Waals surface area (Å²) in [6.07, 6.45) is 1.97. The Morgan fingerprint density at radius 3 is 2.41 bits per heavy atom. The van der Waals surface area contributed by atoms with Crippen LogP contribution in [0.5, 0.6) is 0 Å². The SMILES string of the molecule is CSc1ccccc1NC(=O)C[NH+](C)CC(=O)N[C@H](C)c1ccccc1Cl. The Bertz CT molecular complexity index is 800. The van der Waals surface area contributed by atoms with Gasteiger partial charge in [0, 0.05) is 9.92 Å². The number of carbonyl (C=O) groups excluding carboxylic acids is 2. The van der Waals surface area contributed by atoms with E-state index in [1.54, 1.807) is 17.8 Å². The van der Waals surface area contributed by atoms with Crippen LogP contribution < -0.4 is 15.5 Å². The van der Waals surface area contributed by atoms with Gasteiger partial charge in [0.15, 0.2) is 13.1 Å². The highest BCUT2D eigenvalue weighted by molar-refractivity contribution is 7.98. The van der Waals surface area contributed by atoms with Gasteiger partial charge < -0.3 is 15.5 Å². The number of hydrogen-bond donors (Lipinski definition) is 3. The van der Waals surface area contributed by atoms with Gasteiger partial charge in [-0.15, -0.1) is 11.8 Å². The molecule has 0 saturated heterocycles. The first-order valence-electron chi connectivity index (χ1n) is 8.68. The zero-order valence-corrected chi connectivity index (χ0v) is 17.3. The molecule has 144 valence electrons. The number of halogens is 1. The summed E-state index contributed by atoms with van der Waals surface area (Å²) in [4.78, 5) is 26.4. The quantitative estimate of drug-likeness (QED) is 0.590. The number of amides is 2. The van der Waals surface area contributed by atoms with E-state index in [2.05, 4.69) is 10.6 Å². The molecule has 0 saturated carbocycles. The number of likely N-dealkylation sites (N-methyl/N-ethyl adjacent to an activating group) is 1. The van der Waals surface area contributed by atoms with Crippen LogP contribution in [-0.2, 0) is 9.59 Å². The average molecular weight is 407 g/mol. The lowest BCUT2D eigenvalue weighted by Crippen LogP contribution is -3.11. The Morgan fingerprint density at radius 2 is 1.70 bits per heavy atom. The second-order valence-electron chi connectivity index (χ2n) is 6.37. The topological polar surface area (TPSA) is 62.6 Å². The third-order valence-electron chi connectivity index (χ3n) is 4.05. The first-order valence-corrected chi connectivity index (χ1v) is 10.3. The van der Waals surface area contributed by atoms with Gasteiger partial charge in [-0.25, -0.2) is 0 Å². The molecule has 1 unspecified atom stereocenters. The summed E-state index contributed by atoms with van der Waals surface area (Å²) < 4.78 is 0. The first kappa shape index (κ1) is 21.3. The molecule has 0 heterocycles. The van der Waals surface area contributed by atoms with E-state index in [4.69, 9.17) is 11.6 Å². The molecular weight excluding hydrogens is 382 g/mol. The number of hydrogen-bond acceptors (Lipinski definition) is 3. The van der Waals surface area contributed by atoms with E-state index in [0.29, 0.717) is 5.02 Å². The van der Waals surface area contributed by atoms with Gasteiger partial charge in [-0.2, -0.15) is 0 Å². The Labute approximate surface area is 169 Å². The van der Waals surface area contributed by atoms with Gasteiger partial charge in [0.05, 0.1) is 18.8 Å². The predicted octanol–water partition coefficient (Wildman–Crippen LogP) is 2.39. The molecule has 0 aliphatic rings.